The minimum Gasteiger partial charge on any atom is -0.301 e. The Balaban J connectivity index is 2.09. The highest BCUT2D eigenvalue weighted by molar-refractivity contribution is 7.09. The van der Waals surface area contributed by atoms with Gasteiger partial charge in [0.15, 0.2) is 0 Å². The van der Waals surface area contributed by atoms with Gasteiger partial charge in [0.25, 0.3) is 0 Å². The molecule has 17 heavy (non-hydrogen) atoms. The summed E-state index contributed by atoms with van der Waals surface area (Å²) in [5.41, 5.74) is 2.45. The second kappa shape index (κ2) is 5.29. The van der Waals surface area contributed by atoms with Crippen molar-refractivity contribution in [1.29, 1.82) is 0 Å². The number of aryl methyl sites for hydroxylation is 1. The van der Waals surface area contributed by atoms with Crippen LogP contribution in [0.15, 0.2) is 22.2 Å². The molecule has 0 aliphatic rings. The minimum absolute atomic E-state index is 0.0130. The summed E-state index contributed by atoms with van der Waals surface area (Å²) >= 11 is 3.49. The van der Waals surface area contributed by atoms with Gasteiger partial charge in [-0.15, -0.1) is 11.3 Å². The molecule has 1 atom stereocenters. The molecule has 0 aromatic carbocycles. The van der Waals surface area contributed by atoms with Crippen LogP contribution in [-0.2, 0) is 12.1 Å². The summed E-state index contributed by atoms with van der Waals surface area (Å²) in [4.78, 5) is 4.61. The van der Waals surface area contributed by atoms with Crippen molar-refractivity contribution in [2.24, 2.45) is 0 Å². The number of hydrogen-bond donors (Lipinski definition) is 1. The zero-order valence-electron chi connectivity index (χ0n) is 10.5. The fraction of sp³-hybridized carbons (Fsp3) is 0.462. The van der Waals surface area contributed by atoms with E-state index in [4.69, 9.17) is 0 Å². The molecule has 0 saturated heterocycles. The van der Waals surface area contributed by atoms with Crippen molar-refractivity contribution in [2.75, 3.05) is 0 Å². The zero-order valence-corrected chi connectivity index (χ0v) is 12.1. The van der Waals surface area contributed by atoms with Crippen molar-refractivity contribution in [3.63, 3.8) is 0 Å². The summed E-state index contributed by atoms with van der Waals surface area (Å²) in [6.07, 6.45) is 1.05. The molecule has 0 radical (unpaired) electrons. The highest BCUT2D eigenvalue weighted by atomic mass is 32.1. The van der Waals surface area contributed by atoms with Crippen molar-refractivity contribution in [2.45, 2.75) is 39.3 Å². The Bertz CT molecular complexity index is 461. The number of rotatable bonds is 5. The molecule has 92 valence electrons. The second-order valence-electron chi connectivity index (χ2n) is 4.46. The van der Waals surface area contributed by atoms with Crippen molar-refractivity contribution in [1.82, 2.24) is 10.3 Å². The third-order valence-corrected chi connectivity index (χ3v) is 5.02. The second-order valence-corrected chi connectivity index (χ2v) is 6.10. The molecule has 2 aromatic rings. The van der Waals surface area contributed by atoms with Crippen molar-refractivity contribution in [3.05, 3.63) is 38.5 Å². The Morgan fingerprint density at radius 3 is 2.76 bits per heavy atom. The van der Waals surface area contributed by atoms with E-state index in [1.165, 1.54) is 10.6 Å². The molecule has 0 amide bonds. The lowest BCUT2D eigenvalue weighted by molar-refractivity contribution is 0.349. The lowest BCUT2D eigenvalue weighted by Gasteiger charge is -2.27. The molecule has 0 spiro atoms. The maximum absolute atomic E-state index is 4.61. The van der Waals surface area contributed by atoms with E-state index in [0.29, 0.717) is 0 Å². The monoisotopic (exact) mass is 266 g/mol. The molecule has 4 heteroatoms. The van der Waals surface area contributed by atoms with Crippen LogP contribution in [0.2, 0.25) is 0 Å². The molecule has 2 heterocycles. The predicted molar refractivity (Wildman–Crippen MR) is 75.7 cm³/mol. The maximum Gasteiger partial charge on any atom is 0.113 e. The summed E-state index contributed by atoms with van der Waals surface area (Å²) in [5, 5.41) is 11.3. The van der Waals surface area contributed by atoms with E-state index >= 15 is 0 Å². The SMILES string of the molecule is CC[C@@](C)(NCc1ccsc1)c1nc(C)cs1. The zero-order chi connectivity index (χ0) is 12.3. The smallest absolute Gasteiger partial charge is 0.113 e. The van der Waals surface area contributed by atoms with Gasteiger partial charge in [-0.1, -0.05) is 6.92 Å². The van der Waals surface area contributed by atoms with E-state index in [-0.39, 0.29) is 5.54 Å². The molecular formula is C13H18N2S2. The average Bonchev–Trinajstić information content (AvgIpc) is 2.97. The van der Waals surface area contributed by atoms with Gasteiger partial charge >= 0.3 is 0 Å². The van der Waals surface area contributed by atoms with Crippen molar-refractivity contribution < 1.29 is 0 Å². The van der Waals surface area contributed by atoms with E-state index in [9.17, 15) is 0 Å². The normalized spacial score (nSPS) is 14.8. The minimum atomic E-state index is -0.0130. The number of thiazole rings is 1. The van der Waals surface area contributed by atoms with Gasteiger partial charge in [0.1, 0.15) is 5.01 Å². The van der Waals surface area contributed by atoms with E-state index in [0.717, 1.165) is 18.7 Å². The first-order valence-electron chi connectivity index (χ1n) is 5.83. The quantitative estimate of drug-likeness (QED) is 0.887. The lowest BCUT2D eigenvalue weighted by atomic mass is 9.99. The average molecular weight is 266 g/mol. The fourth-order valence-electron chi connectivity index (χ4n) is 1.65. The summed E-state index contributed by atoms with van der Waals surface area (Å²) in [6.45, 7) is 7.40. The van der Waals surface area contributed by atoms with E-state index in [1.54, 1.807) is 22.7 Å². The van der Waals surface area contributed by atoms with E-state index < -0.39 is 0 Å². The van der Waals surface area contributed by atoms with Crippen LogP contribution in [0.4, 0.5) is 0 Å². The number of thiophene rings is 1. The van der Waals surface area contributed by atoms with Crippen LogP contribution in [-0.4, -0.2) is 4.98 Å². The molecule has 0 saturated carbocycles. The largest absolute Gasteiger partial charge is 0.301 e. The maximum atomic E-state index is 4.61. The first kappa shape index (κ1) is 12.7. The molecule has 1 N–H and O–H groups in total. The Labute approximate surface area is 111 Å². The topological polar surface area (TPSA) is 24.9 Å². The number of nitrogens with zero attached hydrogens (tertiary/aromatic N) is 1. The fourth-order valence-corrected chi connectivity index (χ4v) is 3.33. The molecule has 0 unspecified atom stereocenters. The van der Waals surface area contributed by atoms with Crippen molar-refractivity contribution >= 4 is 22.7 Å². The molecule has 0 fully saturated rings. The third-order valence-electron chi connectivity index (χ3n) is 3.06. The van der Waals surface area contributed by atoms with Gasteiger partial charge in [-0.05, 0) is 42.7 Å². The first-order valence-corrected chi connectivity index (χ1v) is 7.65. The summed E-state index contributed by atoms with van der Waals surface area (Å²) in [6, 6.07) is 2.17. The number of nitrogens with one attached hydrogen (secondary N) is 1. The van der Waals surface area contributed by atoms with E-state index in [2.05, 4.69) is 53.3 Å². The molecule has 0 bridgehead atoms. The highest BCUT2D eigenvalue weighted by Gasteiger charge is 2.26. The molecule has 0 aliphatic heterocycles. The van der Waals surface area contributed by atoms with Crippen molar-refractivity contribution in [3.8, 4) is 0 Å². The van der Waals surface area contributed by atoms with Gasteiger partial charge in [-0.3, -0.25) is 0 Å². The lowest BCUT2D eigenvalue weighted by Crippen LogP contribution is -2.38. The van der Waals surface area contributed by atoms with Gasteiger partial charge in [-0.2, -0.15) is 11.3 Å². The Morgan fingerprint density at radius 2 is 2.24 bits per heavy atom. The molecule has 2 aromatic heterocycles. The summed E-state index contributed by atoms with van der Waals surface area (Å²) in [7, 11) is 0. The van der Waals surface area contributed by atoms with Gasteiger partial charge < -0.3 is 5.32 Å². The Hall–Kier alpha value is -0.710. The predicted octanol–water partition coefficient (Wildman–Crippen LogP) is 3.93. The molecule has 2 nitrogen and oxygen atoms in total. The summed E-state index contributed by atoms with van der Waals surface area (Å²) in [5.74, 6) is 0. The standard InChI is InChI=1S/C13H18N2S2/c1-4-13(3,12-15-10(2)8-17-12)14-7-11-5-6-16-9-11/h5-6,8-9,14H,4,7H2,1-3H3/t13-/m1/s1. The third kappa shape index (κ3) is 2.94. The van der Waals surface area contributed by atoms with Gasteiger partial charge in [0.2, 0.25) is 0 Å². The van der Waals surface area contributed by atoms with Crippen LogP contribution in [0.1, 0.15) is 36.5 Å². The summed E-state index contributed by atoms with van der Waals surface area (Å²) < 4.78 is 0. The number of aromatic nitrogens is 1. The Morgan fingerprint density at radius 1 is 1.41 bits per heavy atom. The molecule has 0 aliphatic carbocycles. The van der Waals surface area contributed by atoms with Crippen LogP contribution in [0.3, 0.4) is 0 Å². The number of hydrogen-bond acceptors (Lipinski definition) is 4. The molecule has 2 rings (SSSR count). The van der Waals surface area contributed by atoms with Crippen LogP contribution in [0.5, 0.6) is 0 Å². The van der Waals surface area contributed by atoms with Gasteiger partial charge in [0, 0.05) is 17.6 Å². The first-order chi connectivity index (χ1) is 8.14. The van der Waals surface area contributed by atoms with Gasteiger partial charge in [0.05, 0.1) is 5.54 Å². The van der Waals surface area contributed by atoms with Crippen LogP contribution in [0, 0.1) is 6.92 Å². The van der Waals surface area contributed by atoms with E-state index in [1.807, 2.05) is 0 Å². The highest BCUT2D eigenvalue weighted by Crippen LogP contribution is 2.28. The molecular weight excluding hydrogens is 248 g/mol. The van der Waals surface area contributed by atoms with Crippen LogP contribution < -0.4 is 5.32 Å². The van der Waals surface area contributed by atoms with Crippen LogP contribution in [0.25, 0.3) is 0 Å². The Kier molecular flexibility index (Phi) is 3.97. The van der Waals surface area contributed by atoms with Gasteiger partial charge in [-0.25, -0.2) is 4.98 Å². The van der Waals surface area contributed by atoms with Crippen LogP contribution >= 0.6 is 22.7 Å².